The van der Waals surface area contributed by atoms with Crippen LogP contribution >= 0.6 is 0 Å². The van der Waals surface area contributed by atoms with Gasteiger partial charge in [0.1, 0.15) is 6.33 Å². The Hall–Kier alpha value is -2.49. The van der Waals surface area contributed by atoms with Crippen LogP contribution in [-0.4, -0.2) is 51.6 Å². The van der Waals surface area contributed by atoms with Crippen LogP contribution in [-0.2, 0) is 21.1 Å². The first-order valence-electron chi connectivity index (χ1n) is 8.66. The van der Waals surface area contributed by atoms with Gasteiger partial charge in [0.25, 0.3) is 5.91 Å². The molecule has 1 atom stereocenters. The molecule has 3 rings (SSSR count). The first-order chi connectivity index (χ1) is 12.5. The minimum absolute atomic E-state index is 0.0256. The highest BCUT2D eigenvalue weighted by molar-refractivity contribution is 7.91. The van der Waals surface area contributed by atoms with Gasteiger partial charge in [0.15, 0.2) is 21.2 Å². The normalized spacial score (nSPS) is 21.4. The Morgan fingerprint density at radius 3 is 2.67 bits per heavy atom. The van der Waals surface area contributed by atoms with Crippen LogP contribution < -0.4 is 11.1 Å². The molecule has 0 aliphatic carbocycles. The number of carbonyl (C=O) groups excluding carboxylic acids is 2. The number of aromatic nitrogens is 3. The molecule has 2 amide bonds. The molecule has 1 fully saturated rings. The zero-order chi connectivity index (χ0) is 20.0. The number of nitrogens with one attached hydrogen (secondary N) is 1. The molecule has 0 unspecified atom stereocenters. The fraction of sp³-hybridized carbons (Fsp3) is 0.529. The van der Waals surface area contributed by atoms with Gasteiger partial charge in [-0.05, 0) is 39.2 Å². The van der Waals surface area contributed by atoms with Gasteiger partial charge in [-0.3, -0.25) is 14.0 Å². The Labute approximate surface area is 157 Å². The second-order valence-electron chi connectivity index (χ2n) is 7.36. The summed E-state index contributed by atoms with van der Waals surface area (Å²) >= 11 is 0. The summed E-state index contributed by atoms with van der Waals surface area (Å²) in [6.07, 6.45) is 2.57. The topological polar surface area (TPSA) is 137 Å². The maximum absolute atomic E-state index is 12.4. The Morgan fingerprint density at radius 1 is 1.37 bits per heavy atom. The van der Waals surface area contributed by atoms with E-state index < -0.39 is 21.3 Å². The van der Waals surface area contributed by atoms with E-state index in [1.165, 1.54) is 6.33 Å². The Kier molecular flexibility index (Phi) is 4.71. The van der Waals surface area contributed by atoms with Gasteiger partial charge in [0.05, 0.1) is 17.0 Å². The quantitative estimate of drug-likeness (QED) is 0.738. The molecule has 0 spiro atoms. The number of carbonyl (C=O) groups is 2. The van der Waals surface area contributed by atoms with E-state index in [4.69, 9.17) is 5.73 Å². The van der Waals surface area contributed by atoms with E-state index >= 15 is 0 Å². The minimum Gasteiger partial charge on any atom is -0.364 e. The standard InChI is InChI=1S/C17H23N5O4S/c1-10-12(11(2)22-9-19-14(15(18)24)16(22)20-10)4-5-13(23)21-17(3)6-7-27(25,26)8-17/h9H,4-8H2,1-3H3,(H2,18,24)(H,21,23)/t17-/m0/s1. The van der Waals surface area contributed by atoms with Gasteiger partial charge in [0, 0.05) is 17.8 Å². The number of amides is 2. The molecule has 1 aliphatic rings. The Balaban J connectivity index is 1.75. The molecule has 1 saturated heterocycles. The van der Waals surface area contributed by atoms with E-state index in [-0.39, 0.29) is 29.5 Å². The third-order valence-electron chi connectivity index (χ3n) is 5.03. The van der Waals surface area contributed by atoms with E-state index in [1.807, 2.05) is 13.8 Å². The van der Waals surface area contributed by atoms with Gasteiger partial charge in [-0.1, -0.05) is 0 Å². The summed E-state index contributed by atoms with van der Waals surface area (Å²) in [5.74, 6) is -0.763. The van der Waals surface area contributed by atoms with Gasteiger partial charge < -0.3 is 11.1 Å². The van der Waals surface area contributed by atoms with Crippen molar-refractivity contribution in [3.05, 3.63) is 29.0 Å². The Morgan fingerprint density at radius 2 is 2.07 bits per heavy atom. The van der Waals surface area contributed by atoms with Gasteiger partial charge in [0.2, 0.25) is 5.91 Å². The van der Waals surface area contributed by atoms with Crippen molar-refractivity contribution in [3.8, 4) is 0 Å². The van der Waals surface area contributed by atoms with Gasteiger partial charge >= 0.3 is 0 Å². The van der Waals surface area contributed by atoms with Crippen LogP contribution in [0.5, 0.6) is 0 Å². The van der Waals surface area contributed by atoms with Crippen molar-refractivity contribution in [1.29, 1.82) is 0 Å². The van der Waals surface area contributed by atoms with Crippen LogP contribution in [0.15, 0.2) is 6.33 Å². The van der Waals surface area contributed by atoms with Crippen LogP contribution in [0.2, 0.25) is 0 Å². The Bertz CT molecular complexity index is 1040. The zero-order valence-corrected chi connectivity index (χ0v) is 16.4. The number of primary amides is 1. The summed E-state index contributed by atoms with van der Waals surface area (Å²) in [6, 6.07) is 0. The number of hydrogen-bond donors (Lipinski definition) is 2. The van der Waals surface area contributed by atoms with E-state index in [0.717, 1.165) is 11.3 Å². The summed E-state index contributed by atoms with van der Waals surface area (Å²) in [7, 11) is -3.08. The van der Waals surface area contributed by atoms with E-state index in [0.29, 0.717) is 24.2 Å². The van der Waals surface area contributed by atoms with Crippen LogP contribution in [0, 0.1) is 13.8 Å². The largest absolute Gasteiger partial charge is 0.364 e. The molecule has 146 valence electrons. The summed E-state index contributed by atoms with van der Waals surface area (Å²) in [5.41, 5.74) is 7.54. The molecular weight excluding hydrogens is 370 g/mol. The maximum atomic E-state index is 12.4. The number of nitrogens with zero attached hydrogens (tertiary/aromatic N) is 3. The predicted molar refractivity (Wildman–Crippen MR) is 99.1 cm³/mol. The first kappa shape index (κ1) is 19.3. The van der Waals surface area contributed by atoms with E-state index in [9.17, 15) is 18.0 Å². The monoisotopic (exact) mass is 393 g/mol. The van der Waals surface area contributed by atoms with Crippen molar-refractivity contribution in [1.82, 2.24) is 19.7 Å². The lowest BCUT2D eigenvalue weighted by Gasteiger charge is -2.24. The number of rotatable bonds is 5. The summed E-state index contributed by atoms with van der Waals surface area (Å²) < 4.78 is 25.0. The van der Waals surface area contributed by atoms with Crippen molar-refractivity contribution in [2.45, 2.75) is 45.6 Å². The average Bonchev–Trinajstić information content (AvgIpc) is 3.07. The molecule has 1 aliphatic heterocycles. The molecule has 2 aromatic heterocycles. The number of fused-ring (bicyclic) bond motifs is 1. The zero-order valence-electron chi connectivity index (χ0n) is 15.6. The lowest BCUT2D eigenvalue weighted by molar-refractivity contribution is -0.122. The molecule has 0 bridgehead atoms. The van der Waals surface area contributed by atoms with Crippen molar-refractivity contribution in [3.63, 3.8) is 0 Å². The lowest BCUT2D eigenvalue weighted by Crippen LogP contribution is -2.47. The lowest BCUT2D eigenvalue weighted by atomic mass is 10.0. The maximum Gasteiger partial charge on any atom is 0.271 e. The molecule has 9 nitrogen and oxygen atoms in total. The van der Waals surface area contributed by atoms with E-state index in [1.54, 1.807) is 11.3 Å². The molecule has 27 heavy (non-hydrogen) atoms. The highest BCUT2D eigenvalue weighted by Crippen LogP contribution is 2.23. The predicted octanol–water partition coefficient (Wildman–Crippen LogP) is 0.0710. The number of nitrogens with two attached hydrogens (primary N) is 1. The third-order valence-corrected chi connectivity index (χ3v) is 6.93. The van der Waals surface area contributed by atoms with Crippen molar-refractivity contribution < 1.29 is 18.0 Å². The summed E-state index contributed by atoms with van der Waals surface area (Å²) in [6.45, 7) is 5.44. The average molecular weight is 393 g/mol. The molecule has 3 N–H and O–H groups in total. The van der Waals surface area contributed by atoms with Gasteiger partial charge in [-0.25, -0.2) is 18.4 Å². The highest BCUT2D eigenvalue weighted by atomic mass is 32.2. The molecular formula is C17H23N5O4S. The summed E-state index contributed by atoms with van der Waals surface area (Å²) in [5, 5.41) is 2.86. The van der Waals surface area contributed by atoms with Crippen LogP contribution in [0.3, 0.4) is 0 Å². The molecule has 0 radical (unpaired) electrons. The van der Waals surface area contributed by atoms with Crippen molar-refractivity contribution in [2.75, 3.05) is 11.5 Å². The SMILES string of the molecule is Cc1nc2c(C(N)=O)ncn2c(C)c1CCC(=O)N[C@@]1(C)CCS(=O)(=O)C1. The molecule has 10 heteroatoms. The van der Waals surface area contributed by atoms with Crippen molar-refractivity contribution >= 4 is 27.3 Å². The second-order valence-corrected chi connectivity index (χ2v) is 9.55. The molecule has 0 saturated carbocycles. The minimum atomic E-state index is -3.08. The van der Waals surface area contributed by atoms with Crippen LogP contribution in [0.25, 0.3) is 5.65 Å². The number of sulfone groups is 1. The fourth-order valence-electron chi connectivity index (χ4n) is 3.61. The second kappa shape index (κ2) is 6.59. The highest BCUT2D eigenvalue weighted by Gasteiger charge is 2.39. The van der Waals surface area contributed by atoms with Gasteiger partial charge in [-0.15, -0.1) is 0 Å². The molecule has 0 aromatic carbocycles. The van der Waals surface area contributed by atoms with Crippen LogP contribution in [0.4, 0.5) is 0 Å². The first-order valence-corrected chi connectivity index (χ1v) is 10.5. The number of imidazole rings is 1. The van der Waals surface area contributed by atoms with Gasteiger partial charge in [-0.2, -0.15) is 0 Å². The van der Waals surface area contributed by atoms with E-state index in [2.05, 4.69) is 15.3 Å². The van der Waals surface area contributed by atoms with Crippen LogP contribution in [0.1, 0.15) is 47.2 Å². The third kappa shape index (κ3) is 3.80. The van der Waals surface area contributed by atoms with Crippen molar-refractivity contribution in [2.24, 2.45) is 5.73 Å². The number of aryl methyl sites for hydroxylation is 2. The summed E-state index contributed by atoms with van der Waals surface area (Å²) in [4.78, 5) is 32.2. The molecule has 2 aromatic rings. The fourth-order valence-corrected chi connectivity index (χ4v) is 5.70. The molecule has 3 heterocycles. The number of hydrogen-bond acceptors (Lipinski definition) is 6. The smallest absolute Gasteiger partial charge is 0.271 e.